The number of carbonyl (C=O) groups is 2. The van der Waals surface area contributed by atoms with Gasteiger partial charge >= 0.3 is 6.03 Å². The molecule has 11 nitrogen and oxygen atoms in total. The van der Waals surface area contributed by atoms with E-state index in [9.17, 15) is 9.59 Å². The number of nitrogens with two attached hydrogens (primary N) is 2. The lowest BCUT2D eigenvalue weighted by molar-refractivity contribution is 0.0971. The summed E-state index contributed by atoms with van der Waals surface area (Å²) in [4.78, 5) is 33.6. The Bertz CT molecular complexity index is 782. The summed E-state index contributed by atoms with van der Waals surface area (Å²) in [7, 11) is 0. The first-order chi connectivity index (χ1) is 14.8. The van der Waals surface area contributed by atoms with E-state index in [1.807, 2.05) is 11.8 Å². The Morgan fingerprint density at radius 3 is 2.52 bits per heavy atom. The second-order valence-electron chi connectivity index (χ2n) is 7.55. The van der Waals surface area contributed by atoms with Crippen molar-refractivity contribution in [3.05, 3.63) is 10.8 Å². The summed E-state index contributed by atoms with van der Waals surface area (Å²) in [5.74, 6) is -0.425. The molecular weight excluding hydrogens is 422 g/mol. The van der Waals surface area contributed by atoms with Crippen molar-refractivity contribution >= 4 is 41.1 Å². The van der Waals surface area contributed by atoms with Gasteiger partial charge in [-0.05, 0) is 31.6 Å². The zero-order valence-electron chi connectivity index (χ0n) is 17.8. The Morgan fingerprint density at radius 1 is 1.13 bits per heavy atom. The highest BCUT2D eigenvalue weighted by Crippen LogP contribution is 2.22. The van der Waals surface area contributed by atoms with Gasteiger partial charge in [0.05, 0.1) is 0 Å². The number of rotatable bonds is 8. The van der Waals surface area contributed by atoms with E-state index in [1.54, 1.807) is 0 Å². The van der Waals surface area contributed by atoms with Gasteiger partial charge in [-0.25, -0.2) is 14.8 Å². The van der Waals surface area contributed by atoms with Crippen LogP contribution in [0.1, 0.15) is 55.9 Å². The fourth-order valence-electron chi connectivity index (χ4n) is 3.37. The lowest BCUT2D eigenvalue weighted by atomic mass is 9.92. The summed E-state index contributed by atoms with van der Waals surface area (Å²) in [6, 6.07) is 0.0408. The van der Waals surface area contributed by atoms with Crippen molar-refractivity contribution < 1.29 is 9.59 Å². The van der Waals surface area contributed by atoms with E-state index in [1.165, 1.54) is 0 Å². The molecule has 2 rings (SSSR count). The maximum Gasteiger partial charge on any atom is 0.317 e. The minimum atomic E-state index is -0.681. The fraction of sp³-hybridized carbons (Fsp3) is 0.632. The van der Waals surface area contributed by atoms with Crippen LogP contribution in [0.5, 0.6) is 0 Å². The second kappa shape index (κ2) is 12.1. The van der Waals surface area contributed by atoms with Gasteiger partial charge in [-0.15, -0.1) is 0 Å². The molecule has 1 aliphatic rings. The van der Waals surface area contributed by atoms with Crippen LogP contribution in [-0.2, 0) is 0 Å². The number of nitrogens with zero attached hydrogens (tertiary/aromatic N) is 3. The minimum Gasteiger partial charge on any atom is -0.382 e. The standard InChI is InChI=1S/C19H32ClN9O2/c1-2-8-25-19(31)29-10-6-12(7-11-29)5-3-4-9-24-18(23)28-17(30)13-15(21)27-16(22)14(20)26-13/h12H,2-11H2,1H3,(H,25,31)(H4,21,22,27)(H3,23,24,28,30). The number of aromatic nitrogens is 2. The molecule has 0 unspecified atom stereocenters. The molecule has 3 amide bonds. The van der Waals surface area contributed by atoms with E-state index in [2.05, 4.69) is 25.9 Å². The van der Waals surface area contributed by atoms with Crippen LogP contribution in [0.15, 0.2) is 0 Å². The van der Waals surface area contributed by atoms with Crippen LogP contribution in [0.2, 0.25) is 5.15 Å². The van der Waals surface area contributed by atoms with E-state index in [0.717, 1.165) is 58.2 Å². The molecule has 0 saturated carbocycles. The number of hydrogen-bond donors (Lipinski definition) is 6. The molecule has 1 aromatic rings. The molecule has 12 heteroatoms. The molecule has 1 aliphatic heterocycles. The molecule has 1 aromatic heterocycles. The number of halogens is 1. The van der Waals surface area contributed by atoms with Gasteiger partial charge in [0.2, 0.25) is 0 Å². The summed E-state index contributed by atoms with van der Waals surface area (Å²) < 4.78 is 0. The number of nitrogen functional groups attached to an aromatic ring is 2. The highest BCUT2D eigenvalue weighted by Gasteiger charge is 2.22. The van der Waals surface area contributed by atoms with E-state index in [0.29, 0.717) is 12.5 Å². The van der Waals surface area contributed by atoms with Crippen molar-refractivity contribution in [2.45, 2.75) is 45.4 Å². The highest BCUT2D eigenvalue weighted by atomic mass is 35.5. The summed E-state index contributed by atoms with van der Waals surface area (Å²) >= 11 is 5.77. The number of urea groups is 1. The average Bonchev–Trinajstić information content (AvgIpc) is 2.74. The zero-order chi connectivity index (χ0) is 22.8. The van der Waals surface area contributed by atoms with Gasteiger partial charge < -0.3 is 27.0 Å². The number of likely N-dealkylation sites (tertiary alicyclic amines) is 1. The lowest BCUT2D eigenvalue weighted by Gasteiger charge is -2.32. The Balaban J connectivity index is 1.60. The monoisotopic (exact) mass is 453 g/mol. The van der Waals surface area contributed by atoms with Crippen molar-refractivity contribution in [2.24, 2.45) is 5.92 Å². The van der Waals surface area contributed by atoms with Crippen molar-refractivity contribution in [1.29, 1.82) is 5.41 Å². The predicted molar refractivity (Wildman–Crippen MR) is 121 cm³/mol. The molecule has 0 spiro atoms. The highest BCUT2D eigenvalue weighted by molar-refractivity contribution is 6.31. The predicted octanol–water partition coefficient (Wildman–Crippen LogP) is 1.55. The molecule has 1 fully saturated rings. The summed E-state index contributed by atoms with van der Waals surface area (Å²) in [5, 5.41) is 15.9. The quantitative estimate of drug-likeness (QED) is 0.196. The number of guanidine groups is 1. The molecule has 0 radical (unpaired) electrons. The summed E-state index contributed by atoms with van der Waals surface area (Å²) in [6.45, 7) is 4.92. The van der Waals surface area contributed by atoms with E-state index in [4.69, 9.17) is 28.5 Å². The number of unbranched alkanes of at least 4 members (excludes halogenated alkanes) is 1. The van der Waals surface area contributed by atoms with Gasteiger partial charge in [0.1, 0.15) is 0 Å². The number of amides is 3. The molecule has 0 aliphatic carbocycles. The Morgan fingerprint density at radius 2 is 1.84 bits per heavy atom. The van der Waals surface area contributed by atoms with Gasteiger partial charge in [-0.3, -0.25) is 15.5 Å². The maximum absolute atomic E-state index is 12.2. The van der Waals surface area contributed by atoms with Gasteiger partial charge in [0, 0.05) is 26.2 Å². The van der Waals surface area contributed by atoms with E-state index < -0.39 is 5.91 Å². The Kier molecular flexibility index (Phi) is 9.57. The Hall–Kier alpha value is -2.82. The number of nitrogens with one attached hydrogen (secondary N) is 4. The second-order valence-corrected chi connectivity index (χ2v) is 7.91. The van der Waals surface area contributed by atoms with Crippen LogP contribution in [0.3, 0.4) is 0 Å². The molecule has 2 heterocycles. The molecule has 1 saturated heterocycles. The average molecular weight is 454 g/mol. The largest absolute Gasteiger partial charge is 0.382 e. The molecule has 8 N–H and O–H groups in total. The summed E-state index contributed by atoms with van der Waals surface area (Å²) in [6.07, 6.45) is 5.94. The van der Waals surface area contributed by atoms with Crippen LogP contribution in [0.25, 0.3) is 0 Å². The first-order valence-corrected chi connectivity index (χ1v) is 10.9. The van der Waals surface area contributed by atoms with Crippen molar-refractivity contribution in [3.8, 4) is 0 Å². The van der Waals surface area contributed by atoms with Crippen LogP contribution in [0, 0.1) is 11.3 Å². The van der Waals surface area contributed by atoms with E-state index in [-0.39, 0.29) is 34.5 Å². The topological polar surface area (TPSA) is 175 Å². The third-order valence-electron chi connectivity index (χ3n) is 5.13. The van der Waals surface area contributed by atoms with Crippen LogP contribution in [-0.4, -0.2) is 58.9 Å². The third kappa shape index (κ3) is 7.74. The molecule has 172 valence electrons. The van der Waals surface area contributed by atoms with Gasteiger partial charge in [0.15, 0.2) is 28.4 Å². The first-order valence-electron chi connectivity index (χ1n) is 10.6. The summed E-state index contributed by atoms with van der Waals surface area (Å²) in [5.41, 5.74) is 10.9. The maximum atomic E-state index is 12.2. The number of hydrogen-bond acceptors (Lipinski definition) is 7. The number of carbonyl (C=O) groups excluding carboxylic acids is 2. The normalized spacial score (nSPS) is 14.2. The van der Waals surface area contributed by atoms with Gasteiger partial charge in [-0.1, -0.05) is 31.4 Å². The Labute approximate surface area is 187 Å². The number of anilines is 2. The first kappa shape index (κ1) is 24.4. The fourth-order valence-corrected chi connectivity index (χ4v) is 3.49. The SMILES string of the molecule is CCCNC(=O)N1CCC(CCCCNC(=N)NC(=O)c2nc(Cl)c(N)nc2N)CC1. The smallest absolute Gasteiger partial charge is 0.317 e. The van der Waals surface area contributed by atoms with Crippen LogP contribution < -0.4 is 27.4 Å². The zero-order valence-corrected chi connectivity index (χ0v) is 18.6. The third-order valence-corrected chi connectivity index (χ3v) is 5.41. The van der Waals surface area contributed by atoms with Crippen LogP contribution >= 0.6 is 11.6 Å². The van der Waals surface area contributed by atoms with Crippen molar-refractivity contribution in [1.82, 2.24) is 30.8 Å². The van der Waals surface area contributed by atoms with E-state index >= 15 is 0 Å². The molecule has 0 atom stereocenters. The lowest BCUT2D eigenvalue weighted by Crippen LogP contribution is -2.44. The molecule has 0 aromatic carbocycles. The molecule has 31 heavy (non-hydrogen) atoms. The van der Waals surface area contributed by atoms with Gasteiger partial charge in [0.25, 0.3) is 5.91 Å². The minimum absolute atomic E-state index is 0.0408. The van der Waals surface area contributed by atoms with Gasteiger partial charge in [-0.2, -0.15) is 0 Å². The van der Waals surface area contributed by atoms with Crippen molar-refractivity contribution in [2.75, 3.05) is 37.6 Å². The molecular formula is C19H32ClN9O2. The molecule has 0 bridgehead atoms. The van der Waals surface area contributed by atoms with Crippen LogP contribution in [0.4, 0.5) is 16.4 Å². The number of piperidine rings is 1. The van der Waals surface area contributed by atoms with Crippen molar-refractivity contribution in [3.63, 3.8) is 0 Å².